The molecule has 0 aliphatic rings. The van der Waals surface area contributed by atoms with Crippen LogP contribution in [0.2, 0.25) is 0 Å². The third kappa shape index (κ3) is 11.9. The molecule has 1 aromatic heterocycles. The Kier molecular flexibility index (Phi) is 11.9. The largest absolute Gasteiger partial charge is 0.490 e. The predicted octanol–water partition coefficient (Wildman–Crippen LogP) is 1.59. The summed E-state index contributed by atoms with van der Waals surface area (Å²) in [6.45, 7) is -0.0565. The number of hydrogen-bond donors (Lipinski definition) is 4. The number of hydrogen-bond acceptors (Lipinski definition) is 6. The van der Waals surface area contributed by atoms with Crippen molar-refractivity contribution >= 4 is 18.0 Å². The number of amides is 2. The molecule has 0 atom stereocenters. The molecule has 1 aromatic carbocycles. The number of aromatic nitrogens is 2. The summed E-state index contributed by atoms with van der Waals surface area (Å²) in [4.78, 5) is 42.5. The summed E-state index contributed by atoms with van der Waals surface area (Å²) in [7, 11) is 0. The fourth-order valence-electron chi connectivity index (χ4n) is 2.14. The van der Waals surface area contributed by atoms with E-state index in [-0.39, 0.29) is 18.7 Å². The Hall–Kier alpha value is -4.36. The lowest BCUT2D eigenvalue weighted by molar-refractivity contribution is -0.137. The van der Waals surface area contributed by atoms with Crippen LogP contribution >= 0.6 is 0 Å². The molecule has 0 aliphatic heterocycles. The Labute approximate surface area is 190 Å². The monoisotopic (exact) mass is 486 g/mol. The normalized spacial score (nSPS) is 9.74. The van der Waals surface area contributed by atoms with Gasteiger partial charge in [0.15, 0.2) is 5.83 Å². The first-order chi connectivity index (χ1) is 16.1. The van der Waals surface area contributed by atoms with Crippen molar-refractivity contribution in [3.63, 3.8) is 0 Å². The predicted molar refractivity (Wildman–Crippen MR) is 111 cm³/mol. The minimum absolute atomic E-state index is 0.135. The maximum Gasteiger partial charge on any atom is 0.404 e. The van der Waals surface area contributed by atoms with E-state index in [0.29, 0.717) is 12.3 Å². The summed E-state index contributed by atoms with van der Waals surface area (Å²) in [5, 5.41) is 24.4. The highest BCUT2D eigenvalue weighted by Gasteiger charge is 2.11. The Morgan fingerprint density at radius 2 is 1.74 bits per heavy atom. The van der Waals surface area contributed by atoms with Gasteiger partial charge in [-0.25, -0.2) is 13.9 Å². The molecule has 2 amide bonds. The lowest BCUT2D eigenvalue weighted by atomic mass is 10.2. The Balaban J connectivity index is 0.000000385. The van der Waals surface area contributed by atoms with Crippen molar-refractivity contribution in [1.29, 1.82) is 0 Å². The molecule has 0 saturated heterocycles. The van der Waals surface area contributed by atoms with Gasteiger partial charge in [0.2, 0.25) is 5.91 Å². The first-order valence-corrected chi connectivity index (χ1v) is 9.47. The zero-order valence-corrected chi connectivity index (χ0v) is 17.5. The van der Waals surface area contributed by atoms with Gasteiger partial charge in [-0.1, -0.05) is 30.3 Å². The van der Waals surface area contributed by atoms with Crippen molar-refractivity contribution in [3.8, 4) is 5.75 Å². The highest BCUT2D eigenvalue weighted by Crippen LogP contribution is 2.12. The first-order valence-electron chi connectivity index (χ1n) is 9.47. The number of nitrogens with zero attached hydrogens (tertiary/aromatic N) is 2. The minimum Gasteiger partial charge on any atom is -0.490 e. The van der Waals surface area contributed by atoms with Crippen LogP contribution < -0.4 is 20.9 Å². The SMILES string of the molecule is O=C(O)CNC(=O)CC(F)=C(F)F.O=C(O)NCCOc1cnn(Cc2ccccc2)c(=O)c1. The van der Waals surface area contributed by atoms with Gasteiger partial charge in [-0.3, -0.25) is 14.4 Å². The molecule has 0 aliphatic carbocycles. The molecule has 0 saturated carbocycles. The summed E-state index contributed by atoms with van der Waals surface area (Å²) in [5.74, 6) is -3.98. The van der Waals surface area contributed by atoms with E-state index in [9.17, 15) is 32.3 Å². The van der Waals surface area contributed by atoms with E-state index in [0.717, 1.165) is 5.56 Å². The lowest BCUT2D eigenvalue weighted by Gasteiger charge is -2.08. The molecule has 0 spiro atoms. The van der Waals surface area contributed by atoms with E-state index >= 15 is 0 Å². The van der Waals surface area contributed by atoms with Gasteiger partial charge in [0.05, 0.1) is 25.7 Å². The molecular weight excluding hydrogens is 465 g/mol. The summed E-state index contributed by atoms with van der Waals surface area (Å²) in [6, 6.07) is 10.9. The van der Waals surface area contributed by atoms with Gasteiger partial charge in [-0.05, 0) is 5.56 Å². The van der Waals surface area contributed by atoms with Crippen LogP contribution in [0.4, 0.5) is 18.0 Å². The van der Waals surface area contributed by atoms with Gasteiger partial charge < -0.3 is 25.6 Å². The topological polar surface area (TPSA) is 160 Å². The van der Waals surface area contributed by atoms with Crippen LogP contribution in [0.3, 0.4) is 0 Å². The average molecular weight is 486 g/mol. The molecule has 34 heavy (non-hydrogen) atoms. The molecule has 184 valence electrons. The van der Waals surface area contributed by atoms with Gasteiger partial charge >= 0.3 is 18.1 Å². The number of carboxylic acid groups (broad SMARTS) is 2. The number of carbonyl (C=O) groups is 3. The van der Waals surface area contributed by atoms with Crippen LogP contribution in [0.25, 0.3) is 0 Å². The van der Waals surface area contributed by atoms with Gasteiger partial charge in [0.1, 0.15) is 18.9 Å². The second-order valence-corrected chi connectivity index (χ2v) is 6.27. The zero-order valence-electron chi connectivity index (χ0n) is 17.5. The zero-order chi connectivity index (χ0) is 25.5. The van der Waals surface area contributed by atoms with Crippen molar-refractivity contribution in [3.05, 3.63) is 70.4 Å². The van der Waals surface area contributed by atoms with Crippen molar-refractivity contribution in [1.82, 2.24) is 20.4 Å². The van der Waals surface area contributed by atoms with Crippen LogP contribution in [0.15, 0.2) is 59.3 Å². The van der Waals surface area contributed by atoms with Crippen LogP contribution in [0.5, 0.6) is 5.75 Å². The second-order valence-electron chi connectivity index (χ2n) is 6.27. The number of carbonyl (C=O) groups excluding carboxylic acids is 1. The van der Waals surface area contributed by atoms with E-state index < -0.39 is 42.8 Å². The molecule has 14 heteroatoms. The molecule has 0 radical (unpaired) electrons. The van der Waals surface area contributed by atoms with Crippen molar-refractivity contribution in [2.75, 3.05) is 19.7 Å². The number of rotatable bonds is 10. The molecule has 1 heterocycles. The molecule has 2 rings (SSSR count). The maximum absolute atomic E-state index is 12.0. The van der Waals surface area contributed by atoms with Crippen molar-refractivity contribution in [2.24, 2.45) is 0 Å². The van der Waals surface area contributed by atoms with Crippen LogP contribution in [-0.4, -0.2) is 57.7 Å². The number of aliphatic carboxylic acids is 1. The average Bonchev–Trinajstić information content (AvgIpc) is 2.78. The Morgan fingerprint density at radius 1 is 1.06 bits per heavy atom. The fourth-order valence-corrected chi connectivity index (χ4v) is 2.14. The van der Waals surface area contributed by atoms with Crippen molar-refractivity contribution < 1.29 is 42.5 Å². The number of halogens is 3. The molecule has 4 N–H and O–H groups in total. The van der Waals surface area contributed by atoms with E-state index in [1.807, 2.05) is 30.3 Å². The number of ether oxygens (including phenoxy) is 1. The van der Waals surface area contributed by atoms with E-state index in [1.54, 1.807) is 5.32 Å². The van der Waals surface area contributed by atoms with E-state index in [2.05, 4.69) is 10.4 Å². The van der Waals surface area contributed by atoms with Crippen molar-refractivity contribution in [2.45, 2.75) is 13.0 Å². The number of nitrogens with one attached hydrogen (secondary N) is 2. The molecule has 0 fully saturated rings. The number of carboxylic acids is 1. The van der Waals surface area contributed by atoms with Crippen LogP contribution in [-0.2, 0) is 16.1 Å². The third-order valence-electron chi connectivity index (χ3n) is 3.62. The lowest BCUT2D eigenvalue weighted by Crippen LogP contribution is -2.29. The van der Waals surface area contributed by atoms with E-state index in [4.69, 9.17) is 14.9 Å². The molecule has 11 nitrogen and oxygen atoms in total. The van der Waals surface area contributed by atoms with Crippen LogP contribution in [0, 0.1) is 0 Å². The summed E-state index contributed by atoms with van der Waals surface area (Å²) in [6.07, 6.45) is -3.40. The summed E-state index contributed by atoms with van der Waals surface area (Å²) in [5.41, 5.74) is 0.703. The molecule has 2 aromatic rings. The molecule has 0 bridgehead atoms. The number of benzene rings is 1. The highest BCUT2D eigenvalue weighted by molar-refractivity contribution is 5.82. The Morgan fingerprint density at radius 3 is 2.29 bits per heavy atom. The second kappa shape index (κ2) is 14.7. The van der Waals surface area contributed by atoms with Gasteiger partial charge in [0, 0.05) is 6.07 Å². The Bertz CT molecular complexity index is 1060. The van der Waals surface area contributed by atoms with E-state index in [1.165, 1.54) is 16.9 Å². The summed E-state index contributed by atoms with van der Waals surface area (Å²) < 4.78 is 41.4. The smallest absolute Gasteiger partial charge is 0.404 e. The molecular formula is C20H21F3N4O7. The summed E-state index contributed by atoms with van der Waals surface area (Å²) >= 11 is 0. The van der Waals surface area contributed by atoms with Gasteiger partial charge in [-0.2, -0.15) is 13.9 Å². The fraction of sp³-hybridized carbons (Fsp3) is 0.250. The minimum atomic E-state index is -2.58. The first kappa shape index (κ1) is 27.7. The quantitative estimate of drug-likeness (QED) is 0.369. The third-order valence-corrected chi connectivity index (χ3v) is 3.62. The standard InChI is InChI=1S/C14H15N3O4.C6H6F3NO3/c18-13-8-12(21-7-6-15-14(19)20)9-16-17(13)10-11-4-2-1-3-5-11;7-3(6(8)9)1-4(11)10-2-5(12)13/h1-5,8-9,15H,6-7,10H2,(H,19,20);1-2H2,(H,10,11)(H,12,13). The van der Waals surface area contributed by atoms with Gasteiger partial charge in [0.25, 0.3) is 5.56 Å². The highest BCUT2D eigenvalue weighted by atomic mass is 19.3. The van der Waals surface area contributed by atoms with Crippen LogP contribution in [0.1, 0.15) is 12.0 Å². The maximum atomic E-state index is 12.0. The molecule has 0 unspecified atom stereocenters. The van der Waals surface area contributed by atoms with Gasteiger partial charge in [-0.15, -0.1) is 0 Å².